The summed E-state index contributed by atoms with van der Waals surface area (Å²) in [4.78, 5) is 39.4. The SMILES string of the molecule is CC(C)(C)[Si](C)(C)OC(CNCc1ccc2c(c1)sc(=O)n2CC/C=C/c1ccc(-c2ccccc2)c(NC(=O)O)c1)c1ccc(O)c2[nH]c(=O)ccc12. The molecule has 0 spiro atoms. The van der Waals surface area contributed by atoms with Crippen molar-refractivity contribution in [1.82, 2.24) is 14.9 Å². The van der Waals surface area contributed by atoms with Crippen LogP contribution in [0.25, 0.3) is 38.3 Å². The lowest BCUT2D eigenvalue weighted by molar-refractivity contribution is 0.181. The molecule has 0 saturated heterocycles. The molecule has 0 saturated carbocycles. The summed E-state index contributed by atoms with van der Waals surface area (Å²) in [7, 11) is -2.23. The summed E-state index contributed by atoms with van der Waals surface area (Å²) < 4.78 is 9.64. The highest BCUT2D eigenvalue weighted by Crippen LogP contribution is 2.41. The fourth-order valence-electron chi connectivity index (χ4n) is 6.24. The Bertz CT molecular complexity index is 2450. The van der Waals surface area contributed by atoms with Crippen LogP contribution >= 0.6 is 11.3 Å². The van der Waals surface area contributed by atoms with E-state index in [1.165, 1.54) is 17.4 Å². The van der Waals surface area contributed by atoms with Crippen molar-refractivity contribution in [3.05, 3.63) is 134 Å². The van der Waals surface area contributed by atoms with Crippen LogP contribution in [0.3, 0.4) is 0 Å². The van der Waals surface area contributed by atoms with Gasteiger partial charge in [0.25, 0.3) is 0 Å². The number of aromatic hydroxyl groups is 1. The Labute approximate surface area is 318 Å². The number of aryl methyl sites for hydroxylation is 1. The summed E-state index contributed by atoms with van der Waals surface area (Å²) in [5.74, 6) is 0.0127. The monoisotopic (exact) mass is 762 g/mol. The first-order valence-corrected chi connectivity index (χ1v) is 21.6. The quantitative estimate of drug-likeness (QED) is 0.0738. The van der Waals surface area contributed by atoms with Crippen molar-refractivity contribution < 1.29 is 19.4 Å². The molecule has 0 bridgehead atoms. The second kappa shape index (κ2) is 16.0. The third-order valence-corrected chi connectivity index (χ3v) is 15.5. The predicted molar refractivity (Wildman–Crippen MR) is 222 cm³/mol. The van der Waals surface area contributed by atoms with Gasteiger partial charge in [-0.1, -0.05) is 98.9 Å². The number of hydrogen-bond acceptors (Lipinski definition) is 7. The van der Waals surface area contributed by atoms with Crippen LogP contribution < -0.4 is 21.1 Å². The van der Waals surface area contributed by atoms with Crippen molar-refractivity contribution in [2.75, 3.05) is 11.9 Å². The van der Waals surface area contributed by atoms with Crippen molar-refractivity contribution in [3.8, 4) is 16.9 Å². The summed E-state index contributed by atoms with van der Waals surface area (Å²) in [6, 6.07) is 28.0. The standard InChI is InChI=1S/C42H46N4O6SSi/c1-42(2,3)54(4,5)52-36(31-17-20-35(47)39-32(31)18-21-38(48)45-39)26-43-25-28-15-19-34-37(24-28)53-41(51)46(34)22-10-9-11-27-14-16-30(29-12-7-6-8-13-29)33(23-27)44-40(49)50/h6-9,11-21,23-24,36,43-44,47H,10,22,25-26H2,1-5H3,(H,45,48)(H,49,50)/b11-9+. The molecule has 4 aromatic carbocycles. The highest BCUT2D eigenvalue weighted by Gasteiger charge is 2.39. The van der Waals surface area contributed by atoms with Crippen LogP contribution in [0.5, 0.6) is 5.75 Å². The fourth-order valence-corrected chi connectivity index (χ4v) is 8.50. The number of phenolic OH excluding ortho intramolecular Hbond substituents is 1. The van der Waals surface area contributed by atoms with Gasteiger partial charge in [-0.25, -0.2) is 4.79 Å². The number of rotatable bonds is 13. The zero-order valence-corrected chi connectivity index (χ0v) is 32.9. The number of benzene rings is 4. The molecule has 1 amide bonds. The number of aromatic amines is 1. The van der Waals surface area contributed by atoms with Crippen LogP contribution in [-0.4, -0.2) is 40.7 Å². The molecule has 280 valence electrons. The molecule has 0 fully saturated rings. The number of pyridine rings is 1. The van der Waals surface area contributed by atoms with Gasteiger partial charge in [0.15, 0.2) is 8.32 Å². The molecule has 54 heavy (non-hydrogen) atoms. The molecule has 5 N–H and O–H groups in total. The second-order valence-electron chi connectivity index (χ2n) is 14.9. The average molecular weight is 763 g/mol. The molecule has 10 nitrogen and oxygen atoms in total. The Morgan fingerprint density at radius 2 is 1.78 bits per heavy atom. The van der Waals surface area contributed by atoms with Gasteiger partial charge in [0.2, 0.25) is 5.56 Å². The van der Waals surface area contributed by atoms with Crippen molar-refractivity contribution >= 4 is 58.6 Å². The van der Waals surface area contributed by atoms with E-state index in [0.717, 1.165) is 43.4 Å². The lowest BCUT2D eigenvalue weighted by Gasteiger charge is -2.39. The van der Waals surface area contributed by atoms with E-state index in [-0.39, 0.29) is 27.3 Å². The first kappa shape index (κ1) is 38.5. The molecule has 1 atom stereocenters. The number of anilines is 1. The number of phenols is 1. The van der Waals surface area contributed by atoms with Crippen molar-refractivity contribution in [2.24, 2.45) is 0 Å². The number of thiazole rings is 1. The average Bonchev–Trinajstić information content (AvgIpc) is 3.43. The topological polar surface area (TPSA) is 146 Å². The number of fused-ring (bicyclic) bond motifs is 2. The van der Waals surface area contributed by atoms with E-state index in [1.54, 1.807) is 16.7 Å². The van der Waals surface area contributed by atoms with E-state index in [9.17, 15) is 24.6 Å². The summed E-state index contributed by atoms with van der Waals surface area (Å²) >= 11 is 1.23. The smallest absolute Gasteiger partial charge is 0.409 e. The maximum absolute atomic E-state index is 13.1. The molecule has 0 aliphatic rings. The Morgan fingerprint density at radius 1 is 1.00 bits per heavy atom. The number of amides is 1. The minimum Gasteiger partial charge on any atom is -0.506 e. The number of carbonyl (C=O) groups is 1. The predicted octanol–water partition coefficient (Wildman–Crippen LogP) is 9.32. The normalized spacial score (nSPS) is 12.8. The molecular formula is C42H46N4O6SSi. The largest absolute Gasteiger partial charge is 0.506 e. The van der Waals surface area contributed by atoms with Gasteiger partial charge in [0.05, 0.1) is 27.5 Å². The number of carboxylic acid groups (broad SMARTS) is 1. The van der Waals surface area contributed by atoms with E-state index in [1.807, 2.05) is 78.9 Å². The zero-order valence-electron chi connectivity index (χ0n) is 31.1. The van der Waals surface area contributed by atoms with E-state index < -0.39 is 14.4 Å². The van der Waals surface area contributed by atoms with Crippen LogP contribution in [0.15, 0.2) is 107 Å². The van der Waals surface area contributed by atoms with Crippen molar-refractivity contribution in [3.63, 3.8) is 0 Å². The summed E-state index contributed by atoms with van der Waals surface area (Å²) in [5.41, 5.74) is 5.98. The molecule has 2 aromatic heterocycles. The van der Waals surface area contributed by atoms with Gasteiger partial charge in [0.1, 0.15) is 5.75 Å². The maximum atomic E-state index is 13.1. The molecular weight excluding hydrogens is 717 g/mol. The van der Waals surface area contributed by atoms with Crippen LogP contribution in [0, 0.1) is 0 Å². The van der Waals surface area contributed by atoms with E-state index in [0.29, 0.717) is 37.3 Å². The van der Waals surface area contributed by atoms with Crippen LogP contribution in [0.1, 0.15) is 50.0 Å². The molecule has 1 unspecified atom stereocenters. The van der Waals surface area contributed by atoms with Gasteiger partial charge in [0, 0.05) is 36.7 Å². The van der Waals surface area contributed by atoms with Gasteiger partial charge < -0.3 is 24.9 Å². The minimum atomic E-state index is -2.23. The fraction of sp³-hybridized carbons (Fsp3) is 0.262. The number of nitrogens with zero attached hydrogens (tertiary/aromatic N) is 1. The van der Waals surface area contributed by atoms with Crippen molar-refractivity contribution in [1.29, 1.82) is 0 Å². The van der Waals surface area contributed by atoms with E-state index in [4.69, 9.17) is 4.43 Å². The molecule has 0 radical (unpaired) electrons. The third-order valence-electron chi connectivity index (χ3n) is 10.1. The van der Waals surface area contributed by atoms with Gasteiger partial charge in [-0.05, 0) is 77.1 Å². The van der Waals surface area contributed by atoms with Crippen LogP contribution in [0.2, 0.25) is 18.1 Å². The van der Waals surface area contributed by atoms with Gasteiger partial charge in [-0.3, -0.25) is 19.5 Å². The zero-order chi connectivity index (χ0) is 38.6. The Kier molecular flexibility index (Phi) is 11.4. The first-order chi connectivity index (χ1) is 25.7. The summed E-state index contributed by atoms with van der Waals surface area (Å²) in [5, 5.41) is 26.7. The summed E-state index contributed by atoms with van der Waals surface area (Å²) in [6.45, 7) is 12.6. The molecule has 0 aliphatic carbocycles. The maximum Gasteiger partial charge on any atom is 0.409 e. The van der Waals surface area contributed by atoms with E-state index in [2.05, 4.69) is 55.5 Å². The third kappa shape index (κ3) is 8.74. The molecule has 6 rings (SSSR count). The number of aromatic nitrogens is 2. The number of H-pyrrole nitrogens is 1. The van der Waals surface area contributed by atoms with Crippen molar-refractivity contribution in [2.45, 2.75) is 64.5 Å². The van der Waals surface area contributed by atoms with Crippen LogP contribution in [-0.2, 0) is 17.5 Å². The van der Waals surface area contributed by atoms with Crippen LogP contribution in [0.4, 0.5) is 10.5 Å². The van der Waals surface area contributed by atoms with Gasteiger partial charge >= 0.3 is 11.0 Å². The highest BCUT2D eigenvalue weighted by molar-refractivity contribution is 7.16. The number of hydrogen-bond donors (Lipinski definition) is 5. The lowest BCUT2D eigenvalue weighted by atomic mass is 10.0. The van der Waals surface area contributed by atoms with E-state index >= 15 is 0 Å². The molecule has 6 aromatic rings. The van der Waals surface area contributed by atoms with Gasteiger partial charge in [-0.2, -0.15) is 0 Å². The first-order valence-electron chi connectivity index (χ1n) is 17.9. The second-order valence-corrected chi connectivity index (χ2v) is 20.6. The minimum absolute atomic E-state index is 0.0127. The number of nitrogens with one attached hydrogen (secondary N) is 3. The molecule has 12 heteroatoms. The summed E-state index contributed by atoms with van der Waals surface area (Å²) in [6.07, 6.45) is 3.09. The lowest BCUT2D eigenvalue weighted by Crippen LogP contribution is -2.43. The highest BCUT2D eigenvalue weighted by atomic mass is 32.1. The molecule has 2 heterocycles. The number of allylic oxidation sites excluding steroid dienone is 1. The van der Waals surface area contributed by atoms with Gasteiger partial charge in [-0.15, -0.1) is 0 Å². The Hall–Kier alpha value is -5.27. The Morgan fingerprint density at radius 3 is 2.52 bits per heavy atom. The Balaban J connectivity index is 1.14. The molecule has 0 aliphatic heterocycles.